The van der Waals surface area contributed by atoms with Gasteiger partial charge < -0.3 is 19.8 Å². The number of piperidine rings is 1. The predicted octanol–water partition coefficient (Wildman–Crippen LogP) is 4.09. The number of aryl methyl sites for hydroxylation is 2. The Hall–Kier alpha value is -1.95. The molecule has 2 aromatic rings. The maximum Gasteiger partial charge on any atom is 0.387 e. The van der Waals surface area contributed by atoms with Gasteiger partial charge in [0.15, 0.2) is 5.96 Å². The molecule has 3 rings (SSSR count). The first-order valence-electron chi connectivity index (χ1n) is 10.6. The molecule has 1 fully saturated rings. The van der Waals surface area contributed by atoms with Gasteiger partial charge in [0.2, 0.25) is 5.89 Å². The van der Waals surface area contributed by atoms with Crippen molar-refractivity contribution in [1.29, 1.82) is 0 Å². The smallest absolute Gasteiger partial charge is 0.387 e. The molecular weight excluding hydrogens is 531 g/mol. The van der Waals surface area contributed by atoms with Gasteiger partial charge in [-0.05, 0) is 51.8 Å². The van der Waals surface area contributed by atoms with E-state index >= 15 is 0 Å². The molecule has 0 radical (unpaired) electrons. The number of halogens is 3. The van der Waals surface area contributed by atoms with Crippen molar-refractivity contribution in [3.63, 3.8) is 0 Å². The summed E-state index contributed by atoms with van der Waals surface area (Å²) in [6, 6.07) is 6.75. The number of oxazole rings is 1. The fourth-order valence-electron chi connectivity index (χ4n) is 3.65. The Bertz CT molecular complexity index is 850. The van der Waals surface area contributed by atoms with Crippen molar-refractivity contribution in [2.75, 3.05) is 26.7 Å². The molecule has 1 aliphatic heterocycles. The van der Waals surface area contributed by atoms with E-state index in [4.69, 9.17) is 4.42 Å². The molecular formula is C22H32F2IN5O2. The van der Waals surface area contributed by atoms with Gasteiger partial charge >= 0.3 is 6.61 Å². The van der Waals surface area contributed by atoms with E-state index in [-0.39, 0.29) is 29.7 Å². The first-order valence-corrected chi connectivity index (χ1v) is 10.6. The Balaban J connectivity index is 0.00000363. The third-order valence-electron chi connectivity index (χ3n) is 5.56. The van der Waals surface area contributed by atoms with Crippen LogP contribution in [0.1, 0.15) is 35.7 Å². The minimum atomic E-state index is -2.85. The van der Waals surface area contributed by atoms with Crippen LogP contribution in [-0.4, -0.2) is 49.1 Å². The quantitative estimate of drug-likeness (QED) is 0.287. The summed E-state index contributed by atoms with van der Waals surface area (Å²) in [7, 11) is 1.69. The minimum absolute atomic E-state index is 0. The molecule has 0 spiro atoms. The first kappa shape index (κ1) is 26.3. The Labute approximate surface area is 205 Å². The van der Waals surface area contributed by atoms with E-state index in [9.17, 15) is 8.78 Å². The fraction of sp³-hybridized carbons (Fsp3) is 0.545. The number of ether oxygens (including phenoxy) is 1. The van der Waals surface area contributed by atoms with Crippen LogP contribution in [0.15, 0.2) is 33.7 Å². The molecule has 0 saturated carbocycles. The van der Waals surface area contributed by atoms with Gasteiger partial charge in [0, 0.05) is 25.7 Å². The second-order valence-electron chi connectivity index (χ2n) is 7.76. The molecule has 0 atom stereocenters. The maximum absolute atomic E-state index is 12.6. The largest absolute Gasteiger partial charge is 0.444 e. The van der Waals surface area contributed by atoms with Crippen molar-refractivity contribution in [2.45, 2.75) is 46.4 Å². The number of rotatable bonds is 8. The molecule has 1 aromatic heterocycles. The standard InChI is InChI=1S/C22H31F2N5O2.HI/c1-15-16(2)30-20(28-15)14-29-10-8-17(9-11-29)12-26-22(25-3)27-13-18-6-4-5-7-19(18)31-21(23)24;/h4-7,17,21H,8-14H2,1-3H3,(H2,25,26,27);1H. The van der Waals surface area contributed by atoms with E-state index < -0.39 is 6.61 Å². The predicted molar refractivity (Wildman–Crippen MR) is 131 cm³/mol. The first-order chi connectivity index (χ1) is 14.9. The van der Waals surface area contributed by atoms with Crippen LogP contribution in [0.5, 0.6) is 5.75 Å². The lowest BCUT2D eigenvalue weighted by atomic mass is 9.97. The van der Waals surface area contributed by atoms with Crippen LogP contribution in [0.3, 0.4) is 0 Å². The molecule has 178 valence electrons. The van der Waals surface area contributed by atoms with Crippen molar-refractivity contribution in [2.24, 2.45) is 10.9 Å². The van der Waals surface area contributed by atoms with Crippen LogP contribution in [0.2, 0.25) is 0 Å². The van der Waals surface area contributed by atoms with Crippen LogP contribution in [-0.2, 0) is 13.1 Å². The average molecular weight is 563 g/mol. The van der Waals surface area contributed by atoms with Gasteiger partial charge in [0.25, 0.3) is 0 Å². The Morgan fingerprint density at radius 1 is 1.25 bits per heavy atom. The molecule has 7 nitrogen and oxygen atoms in total. The summed E-state index contributed by atoms with van der Waals surface area (Å²) >= 11 is 0. The number of nitrogens with one attached hydrogen (secondary N) is 2. The van der Waals surface area contributed by atoms with Gasteiger partial charge in [0.1, 0.15) is 11.5 Å². The molecule has 0 unspecified atom stereocenters. The molecule has 1 aromatic carbocycles. The lowest BCUT2D eigenvalue weighted by molar-refractivity contribution is -0.0504. The molecule has 2 heterocycles. The van der Waals surface area contributed by atoms with Crippen molar-refractivity contribution < 1.29 is 17.9 Å². The summed E-state index contributed by atoms with van der Waals surface area (Å²) < 4.78 is 35.4. The molecule has 1 saturated heterocycles. The summed E-state index contributed by atoms with van der Waals surface area (Å²) in [4.78, 5) is 11.1. The summed E-state index contributed by atoms with van der Waals surface area (Å²) in [5, 5.41) is 6.52. The number of alkyl halides is 2. The van der Waals surface area contributed by atoms with Gasteiger partial charge in [-0.1, -0.05) is 18.2 Å². The average Bonchev–Trinajstić information content (AvgIpc) is 3.06. The molecule has 2 N–H and O–H groups in total. The number of aliphatic imine (C=N–C) groups is 1. The van der Waals surface area contributed by atoms with E-state index in [0.717, 1.165) is 56.4 Å². The normalized spacial score (nSPS) is 15.5. The third kappa shape index (κ3) is 7.88. The Morgan fingerprint density at radius 2 is 1.97 bits per heavy atom. The molecule has 1 aliphatic rings. The Kier molecular flexibility index (Phi) is 10.6. The van der Waals surface area contributed by atoms with Crippen molar-refractivity contribution >= 4 is 29.9 Å². The van der Waals surface area contributed by atoms with Gasteiger partial charge in [-0.3, -0.25) is 9.89 Å². The topological polar surface area (TPSA) is 74.9 Å². The number of likely N-dealkylation sites (tertiary alicyclic amines) is 1. The molecule has 0 bridgehead atoms. The number of aromatic nitrogens is 1. The zero-order valence-corrected chi connectivity index (χ0v) is 21.1. The van der Waals surface area contributed by atoms with Gasteiger partial charge in [0.05, 0.1) is 12.2 Å². The summed E-state index contributed by atoms with van der Waals surface area (Å²) in [5.74, 6) is 3.02. The van der Waals surface area contributed by atoms with Crippen LogP contribution in [0.4, 0.5) is 8.78 Å². The zero-order valence-electron chi connectivity index (χ0n) is 18.7. The van der Waals surface area contributed by atoms with Gasteiger partial charge in [-0.15, -0.1) is 24.0 Å². The Morgan fingerprint density at radius 3 is 2.59 bits per heavy atom. The lowest BCUT2D eigenvalue weighted by Crippen LogP contribution is -2.42. The minimum Gasteiger partial charge on any atom is -0.444 e. The number of hydrogen-bond acceptors (Lipinski definition) is 5. The molecule has 0 amide bonds. The van der Waals surface area contributed by atoms with Crippen LogP contribution in [0, 0.1) is 19.8 Å². The van der Waals surface area contributed by atoms with E-state index in [0.29, 0.717) is 24.0 Å². The van der Waals surface area contributed by atoms with Crippen LogP contribution >= 0.6 is 24.0 Å². The highest BCUT2D eigenvalue weighted by atomic mass is 127. The summed E-state index contributed by atoms with van der Waals surface area (Å²) in [5.41, 5.74) is 1.60. The zero-order chi connectivity index (χ0) is 22.2. The van der Waals surface area contributed by atoms with Gasteiger partial charge in [-0.25, -0.2) is 4.98 Å². The molecule has 10 heteroatoms. The van der Waals surface area contributed by atoms with E-state index in [1.807, 2.05) is 13.8 Å². The number of hydrogen-bond donors (Lipinski definition) is 2. The second kappa shape index (κ2) is 12.9. The summed E-state index contributed by atoms with van der Waals surface area (Å²) in [6.07, 6.45) is 2.15. The lowest BCUT2D eigenvalue weighted by Gasteiger charge is -2.31. The number of benzene rings is 1. The highest BCUT2D eigenvalue weighted by Crippen LogP contribution is 2.21. The van der Waals surface area contributed by atoms with Crippen molar-refractivity contribution in [3.05, 3.63) is 47.2 Å². The summed E-state index contributed by atoms with van der Waals surface area (Å²) in [6.45, 7) is 4.95. The number of nitrogens with zero attached hydrogens (tertiary/aromatic N) is 3. The molecule has 32 heavy (non-hydrogen) atoms. The second-order valence-corrected chi connectivity index (χ2v) is 7.76. The van der Waals surface area contributed by atoms with Crippen LogP contribution < -0.4 is 15.4 Å². The van der Waals surface area contributed by atoms with E-state index in [1.54, 1.807) is 25.2 Å². The van der Waals surface area contributed by atoms with Crippen molar-refractivity contribution in [3.8, 4) is 5.75 Å². The third-order valence-corrected chi connectivity index (χ3v) is 5.56. The van der Waals surface area contributed by atoms with Crippen LogP contribution in [0.25, 0.3) is 0 Å². The highest BCUT2D eigenvalue weighted by Gasteiger charge is 2.21. The van der Waals surface area contributed by atoms with E-state index in [2.05, 4.69) is 30.2 Å². The fourth-order valence-corrected chi connectivity index (χ4v) is 3.65. The monoisotopic (exact) mass is 563 g/mol. The van der Waals surface area contributed by atoms with E-state index in [1.165, 1.54) is 6.07 Å². The molecule has 0 aliphatic carbocycles. The maximum atomic E-state index is 12.6. The highest BCUT2D eigenvalue weighted by molar-refractivity contribution is 14.0. The van der Waals surface area contributed by atoms with Crippen molar-refractivity contribution in [1.82, 2.24) is 20.5 Å². The van der Waals surface area contributed by atoms with Gasteiger partial charge in [-0.2, -0.15) is 8.78 Å². The number of guanidine groups is 1. The SMILES string of the molecule is CN=C(NCc1ccccc1OC(F)F)NCC1CCN(Cc2nc(C)c(C)o2)CC1.I. The number of para-hydroxylation sites is 1.